The zero-order valence-corrected chi connectivity index (χ0v) is 21.7. The number of carbonyl (C=O) groups is 1. The van der Waals surface area contributed by atoms with Crippen LogP contribution in [0.25, 0.3) is 0 Å². The molecule has 1 fully saturated rings. The maximum absolute atomic E-state index is 12.3. The molecule has 8 nitrogen and oxygen atoms in total. The molecule has 2 heterocycles. The number of nitrogens with two attached hydrogens (primary N) is 1. The molecule has 0 unspecified atom stereocenters. The van der Waals surface area contributed by atoms with Crippen LogP contribution in [0.3, 0.4) is 0 Å². The van der Waals surface area contributed by atoms with E-state index >= 15 is 0 Å². The maximum atomic E-state index is 12.3. The Labute approximate surface area is 213 Å². The van der Waals surface area contributed by atoms with E-state index in [1.54, 1.807) is 0 Å². The van der Waals surface area contributed by atoms with E-state index in [-0.39, 0.29) is 5.56 Å². The van der Waals surface area contributed by atoms with Gasteiger partial charge in [0.1, 0.15) is 17.1 Å². The van der Waals surface area contributed by atoms with Gasteiger partial charge in [-0.25, -0.2) is 0 Å². The SMILES string of the molecule is CCc1cc(CNc2[nH]nc(Nc3ccc(N4CCC(C(C)C)CC4)cc3)c2C(N)=O)cc(C)c1O. The van der Waals surface area contributed by atoms with Crippen molar-refractivity contribution in [2.24, 2.45) is 17.6 Å². The van der Waals surface area contributed by atoms with Crippen LogP contribution in [0.1, 0.15) is 60.7 Å². The molecule has 2 aromatic carbocycles. The molecule has 6 N–H and O–H groups in total. The van der Waals surface area contributed by atoms with Crippen LogP contribution in [0.4, 0.5) is 23.0 Å². The number of carbonyl (C=O) groups excluding carboxylic acids is 1. The van der Waals surface area contributed by atoms with Crippen LogP contribution in [0, 0.1) is 18.8 Å². The second kappa shape index (κ2) is 10.9. The normalized spacial score (nSPS) is 14.3. The first kappa shape index (κ1) is 25.4. The van der Waals surface area contributed by atoms with Gasteiger partial charge in [0.15, 0.2) is 5.82 Å². The van der Waals surface area contributed by atoms with Gasteiger partial charge in [0, 0.05) is 31.0 Å². The molecule has 0 aliphatic carbocycles. The number of nitrogens with one attached hydrogen (secondary N) is 3. The van der Waals surface area contributed by atoms with Gasteiger partial charge in [-0.3, -0.25) is 9.89 Å². The van der Waals surface area contributed by atoms with Gasteiger partial charge in [0.2, 0.25) is 0 Å². The van der Waals surface area contributed by atoms with Gasteiger partial charge in [-0.2, -0.15) is 5.10 Å². The standard InChI is InChI=1S/C28H38N6O2/c1-5-20-15-19(14-18(4)25(20)35)16-30-27-24(26(29)36)28(33-32-27)31-22-6-8-23(9-7-22)34-12-10-21(11-13-34)17(2)3/h6-9,14-15,17,21,35H,5,10-13,16H2,1-4H3,(H2,29,36)(H3,30,31,32,33). The number of piperidine rings is 1. The zero-order chi connectivity index (χ0) is 25.8. The van der Waals surface area contributed by atoms with Crippen molar-refractivity contribution in [3.8, 4) is 5.75 Å². The van der Waals surface area contributed by atoms with Crippen molar-refractivity contribution in [3.63, 3.8) is 0 Å². The van der Waals surface area contributed by atoms with Gasteiger partial charge in [-0.1, -0.05) is 32.9 Å². The molecule has 0 spiro atoms. The number of primary amides is 1. The lowest BCUT2D eigenvalue weighted by molar-refractivity contribution is 0.100. The number of nitrogens with zero attached hydrogens (tertiary/aromatic N) is 2. The number of amides is 1. The van der Waals surface area contributed by atoms with Gasteiger partial charge in [-0.05, 0) is 79.0 Å². The minimum Gasteiger partial charge on any atom is -0.507 e. The lowest BCUT2D eigenvalue weighted by atomic mass is 9.86. The van der Waals surface area contributed by atoms with E-state index in [0.29, 0.717) is 23.9 Å². The molecule has 36 heavy (non-hydrogen) atoms. The third-order valence-electron chi connectivity index (χ3n) is 7.28. The lowest BCUT2D eigenvalue weighted by Gasteiger charge is -2.35. The van der Waals surface area contributed by atoms with Gasteiger partial charge in [0.05, 0.1) is 0 Å². The van der Waals surface area contributed by atoms with Gasteiger partial charge < -0.3 is 26.4 Å². The fraction of sp³-hybridized carbons (Fsp3) is 0.429. The Bertz CT molecular complexity index is 1190. The van der Waals surface area contributed by atoms with Crippen LogP contribution in [0.2, 0.25) is 0 Å². The molecule has 4 rings (SSSR count). The molecule has 1 amide bonds. The van der Waals surface area contributed by atoms with E-state index in [2.05, 4.69) is 51.7 Å². The highest BCUT2D eigenvalue weighted by molar-refractivity contribution is 6.03. The number of H-pyrrole nitrogens is 1. The molecule has 8 heteroatoms. The summed E-state index contributed by atoms with van der Waals surface area (Å²) in [6.07, 6.45) is 3.19. The molecule has 1 saturated heterocycles. The molecular weight excluding hydrogens is 452 g/mol. The topological polar surface area (TPSA) is 119 Å². The summed E-state index contributed by atoms with van der Waals surface area (Å²) in [6.45, 7) is 11.1. The molecule has 1 aliphatic heterocycles. The van der Waals surface area contributed by atoms with Crippen molar-refractivity contribution in [2.75, 3.05) is 28.6 Å². The van der Waals surface area contributed by atoms with Gasteiger partial charge in [-0.15, -0.1) is 0 Å². The molecular formula is C28H38N6O2. The predicted molar refractivity (Wildman–Crippen MR) is 146 cm³/mol. The Morgan fingerprint density at radius 3 is 2.53 bits per heavy atom. The molecule has 3 aromatic rings. The Kier molecular flexibility index (Phi) is 7.72. The van der Waals surface area contributed by atoms with Crippen molar-refractivity contribution < 1.29 is 9.90 Å². The van der Waals surface area contributed by atoms with E-state index in [1.165, 1.54) is 18.5 Å². The maximum Gasteiger partial charge on any atom is 0.256 e. The van der Waals surface area contributed by atoms with Crippen LogP contribution in [0.15, 0.2) is 36.4 Å². The zero-order valence-electron chi connectivity index (χ0n) is 21.7. The number of hydrogen-bond donors (Lipinski definition) is 5. The highest BCUT2D eigenvalue weighted by Crippen LogP contribution is 2.30. The highest BCUT2D eigenvalue weighted by atomic mass is 16.3. The summed E-state index contributed by atoms with van der Waals surface area (Å²) in [5, 5.41) is 23.8. The first-order valence-electron chi connectivity index (χ1n) is 12.8. The Morgan fingerprint density at radius 1 is 1.22 bits per heavy atom. The summed E-state index contributed by atoms with van der Waals surface area (Å²) >= 11 is 0. The number of rotatable bonds is 9. The Hall–Kier alpha value is -3.68. The molecule has 1 aliphatic rings. The number of phenols is 1. The van der Waals surface area contributed by atoms with Gasteiger partial charge >= 0.3 is 0 Å². The minimum absolute atomic E-state index is 0.279. The van der Waals surface area contributed by atoms with Crippen molar-refractivity contribution in [1.29, 1.82) is 0 Å². The highest BCUT2D eigenvalue weighted by Gasteiger charge is 2.22. The van der Waals surface area contributed by atoms with E-state index in [4.69, 9.17) is 5.73 Å². The van der Waals surface area contributed by atoms with Crippen LogP contribution in [-0.2, 0) is 13.0 Å². The van der Waals surface area contributed by atoms with Crippen LogP contribution >= 0.6 is 0 Å². The third-order valence-corrected chi connectivity index (χ3v) is 7.28. The number of aryl methyl sites for hydroxylation is 2. The first-order valence-corrected chi connectivity index (χ1v) is 12.8. The third kappa shape index (κ3) is 5.58. The fourth-order valence-electron chi connectivity index (χ4n) is 5.01. The summed E-state index contributed by atoms with van der Waals surface area (Å²) in [6, 6.07) is 12.1. The second-order valence-corrected chi connectivity index (χ2v) is 10.1. The largest absolute Gasteiger partial charge is 0.507 e. The van der Waals surface area contributed by atoms with Crippen LogP contribution < -0.4 is 21.3 Å². The Balaban J connectivity index is 1.43. The summed E-state index contributed by atoms with van der Waals surface area (Å²) in [4.78, 5) is 14.7. The lowest BCUT2D eigenvalue weighted by Crippen LogP contribution is -2.35. The smallest absolute Gasteiger partial charge is 0.256 e. The number of benzene rings is 2. The Morgan fingerprint density at radius 2 is 1.92 bits per heavy atom. The number of aromatic nitrogens is 2. The fourth-order valence-corrected chi connectivity index (χ4v) is 5.01. The number of aromatic hydroxyl groups is 1. The van der Waals surface area contributed by atoms with E-state index in [1.807, 2.05) is 38.1 Å². The number of hydrogen-bond acceptors (Lipinski definition) is 6. The van der Waals surface area contributed by atoms with Gasteiger partial charge in [0.25, 0.3) is 5.91 Å². The molecule has 1 aromatic heterocycles. The number of anilines is 4. The van der Waals surface area contributed by atoms with E-state index in [0.717, 1.165) is 53.7 Å². The van der Waals surface area contributed by atoms with Crippen molar-refractivity contribution in [2.45, 2.75) is 53.5 Å². The predicted octanol–water partition coefficient (Wildman–Crippen LogP) is 5.31. The average molecular weight is 491 g/mol. The summed E-state index contributed by atoms with van der Waals surface area (Å²) in [5.41, 5.74) is 10.7. The van der Waals surface area contributed by atoms with Crippen molar-refractivity contribution in [3.05, 3.63) is 58.7 Å². The average Bonchev–Trinajstić information content (AvgIpc) is 3.27. The quantitative estimate of drug-likeness (QED) is 0.277. The number of aromatic amines is 1. The molecule has 0 radical (unpaired) electrons. The molecule has 0 bridgehead atoms. The molecule has 192 valence electrons. The van der Waals surface area contributed by atoms with Crippen LogP contribution in [-0.4, -0.2) is 34.3 Å². The van der Waals surface area contributed by atoms with Crippen molar-refractivity contribution >= 4 is 28.9 Å². The van der Waals surface area contributed by atoms with Crippen LogP contribution in [0.5, 0.6) is 5.75 Å². The minimum atomic E-state index is -0.575. The first-order chi connectivity index (χ1) is 17.3. The summed E-state index contributed by atoms with van der Waals surface area (Å²) in [7, 11) is 0. The molecule has 0 saturated carbocycles. The summed E-state index contributed by atoms with van der Waals surface area (Å²) in [5.74, 6) is 2.15. The molecule has 0 atom stereocenters. The van der Waals surface area contributed by atoms with Crippen molar-refractivity contribution in [1.82, 2.24) is 10.2 Å². The number of phenolic OH excluding ortho intramolecular Hbond substituents is 1. The second-order valence-electron chi connectivity index (χ2n) is 10.1. The van der Waals surface area contributed by atoms with E-state index in [9.17, 15) is 9.90 Å². The van der Waals surface area contributed by atoms with E-state index < -0.39 is 5.91 Å². The monoisotopic (exact) mass is 490 g/mol. The summed E-state index contributed by atoms with van der Waals surface area (Å²) < 4.78 is 0.